The largest absolute Gasteiger partial charge is 0.311 e. The van der Waals surface area contributed by atoms with E-state index in [0.717, 1.165) is 11.3 Å². The van der Waals surface area contributed by atoms with Crippen LogP contribution in [0.3, 0.4) is 0 Å². The smallest absolute Gasteiger partial charge is 0.250 e. The fraction of sp³-hybridized carbons (Fsp3) is 0.200. The molecule has 0 aliphatic carbocycles. The molecule has 6 nitrogen and oxygen atoms in total. The van der Waals surface area contributed by atoms with Gasteiger partial charge in [0.25, 0.3) is 0 Å². The third-order valence-electron chi connectivity index (χ3n) is 3.11. The van der Waals surface area contributed by atoms with Crippen LogP contribution in [0.5, 0.6) is 0 Å². The Morgan fingerprint density at radius 1 is 1.38 bits per heavy atom. The second-order valence-corrected chi connectivity index (χ2v) is 8.50. The van der Waals surface area contributed by atoms with Crippen LogP contribution in [0, 0.1) is 11.3 Å². The zero-order chi connectivity index (χ0) is 17.7. The van der Waals surface area contributed by atoms with Crippen molar-refractivity contribution >= 4 is 44.6 Å². The second kappa shape index (κ2) is 7.77. The first-order chi connectivity index (χ1) is 11.3. The molecule has 1 N–H and O–H groups in total. The van der Waals surface area contributed by atoms with Crippen LogP contribution in [-0.2, 0) is 14.8 Å². The normalized spacial score (nSPS) is 11.0. The minimum absolute atomic E-state index is 0.0359. The van der Waals surface area contributed by atoms with E-state index in [1.165, 1.54) is 24.0 Å². The van der Waals surface area contributed by atoms with Gasteiger partial charge < -0.3 is 4.90 Å². The van der Waals surface area contributed by atoms with Gasteiger partial charge in [0.1, 0.15) is 4.21 Å². The third kappa shape index (κ3) is 4.55. The van der Waals surface area contributed by atoms with Crippen LogP contribution in [0.4, 0.5) is 5.69 Å². The SMILES string of the molecule is CC(=O)N(CCNS(=O)(=O)c1ccc(Cl)s1)c1cccc(C#N)c1. The van der Waals surface area contributed by atoms with Crippen LogP contribution >= 0.6 is 22.9 Å². The number of sulfonamides is 1. The van der Waals surface area contributed by atoms with E-state index in [-0.39, 0.29) is 23.2 Å². The lowest BCUT2D eigenvalue weighted by Crippen LogP contribution is -2.37. The van der Waals surface area contributed by atoms with E-state index in [1.807, 2.05) is 6.07 Å². The van der Waals surface area contributed by atoms with Crippen molar-refractivity contribution < 1.29 is 13.2 Å². The Hall–Kier alpha value is -1.92. The Morgan fingerprint density at radius 2 is 2.12 bits per heavy atom. The van der Waals surface area contributed by atoms with E-state index in [2.05, 4.69) is 4.72 Å². The zero-order valence-corrected chi connectivity index (χ0v) is 15.1. The molecule has 0 unspecified atom stereocenters. The van der Waals surface area contributed by atoms with Gasteiger partial charge in [0, 0.05) is 25.7 Å². The number of benzene rings is 1. The van der Waals surface area contributed by atoms with Gasteiger partial charge in [-0.25, -0.2) is 13.1 Å². The molecule has 0 fully saturated rings. The molecule has 2 rings (SSSR count). The second-order valence-electron chi connectivity index (χ2n) is 4.79. The molecule has 1 aromatic heterocycles. The number of carbonyl (C=O) groups excluding carboxylic acids is 1. The van der Waals surface area contributed by atoms with Crippen LogP contribution < -0.4 is 9.62 Å². The Kier molecular flexibility index (Phi) is 5.96. The van der Waals surface area contributed by atoms with Gasteiger partial charge in [-0.2, -0.15) is 5.26 Å². The van der Waals surface area contributed by atoms with Crippen molar-refractivity contribution in [2.45, 2.75) is 11.1 Å². The summed E-state index contributed by atoms with van der Waals surface area (Å²) < 4.78 is 27.2. The maximum atomic E-state index is 12.1. The number of halogens is 1. The number of nitrogens with zero attached hydrogens (tertiary/aromatic N) is 2. The van der Waals surface area contributed by atoms with Gasteiger partial charge in [-0.15, -0.1) is 11.3 Å². The van der Waals surface area contributed by atoms with Gasteiger partial charge in [0.15, 0.2) is 0 Å². The molecule has 1 aromatic carbocycles. The summed E-state index contributed by atoms with van der Waals surface area (Å²) in [6.45, 7) is 1.56. The van der Waals surface area contributed by atoms with Crippen molar-refractivity contribution in [1.29, 1.82) is 5.26 Å². The summed E-state index contributed by atoms with van der Waals surface area (Å²) in [5, 5.41) is 8.94. The molecule has 0 aliphatic rings. The van der Waals surface area contributed by atoms with Gasteiger partial charge >= 0.3 is 0 Å². The highest BCUT2D eigenvalue weighted by Gasteiger charge is 2.18. The zero-order valence-electron chi connectivity index (χ0n) is 12.7. The molecular weight excluding hydrogens is 370 g/mol. The van der Waals surface area contributed by atoms with Gasteiger partial charge in [-0.3, -0.25) is 4.79 Å². The summed E-state index contributed by atoms with van der Waals surface area (Å²) in [6, 6.07) is 11.5. The van der Waals surface area contributed by atoms with E-state index >= 15 is 0 Å². The lowest BCUT2D eigenvalue weighted by Gasteiger charge is -2.21. The van der Waals surface area contributed by atoms with E-state index in [9.17, 15) is 13.2 Å². The first-order valence-corrected chi connectivity index (χ1v) is 9.54. The topological polar surface area (TPSA) is 90.3 Å². The van der Waals surface area contributed by atoms with Crippen molar-refractivity contribution in [3.8, 4) is 6.07 Å². The van der Waals surface area contributed by atoms with E-state index < -0.39 is 10.0 Å². The quantitative estimate of drug-likeness (QED) is 0.830. The average Bonchev–Trinajstić information content (AvgIpc) is 2.98. The van der Waals surface area contributed by atoms with Crippen LogP contribution in [-0.4, -0.2) is 27.4 Å². The summed E-state index contributed by atoms with van der Waals surface area (Å²) in [4.78, 5) is 13.2. The molecule has 0 saturated heterocycles. The van der Waals surface area contributed by atoms with Crippen LogP contribution in [0.15, 0.2) is 40.6 Å². The van der Waals surface area contributed by atoms with Gasteiger partial charge in [0.05, 0.1) is 16.0 Å². The molecule has 2 aromatic rings. The summed E-state index contributed by atoms with van der Waals surface area (Å²) in [5.41, 5.74) is 0.965. The number of hydrogen-bond donors (Lipinski definition) is 1. The van der Waals surface area contributed by atoms with Crippen LogP contribution in [0.25, 0.3) is 0 Å². The predicted octanol–water partition coefficient (Wildman–Crippen LogP) is 2.60. The Labute approximate surface area is 149 Å². The molecular formula is C15H14ClN3O3S2. The number of nitriles is 1. The summed E-state index contributed by atoms with van der Waals surface area (Å²) >= 11 is 6.71. The molecule has 0 atom stereocenters. The standard InChI is InChI=1S/C15H14ClN3O3S2/c1-11(20)19(13-4-2-3-12(9-13)10-17)8-7-18-24(21,22)15-6-5-14(16)23-15/h2-6,9,18H,7-8H2,1H3. The minimum Gasteiger partial charge on any atom is -0.311 e. The van der Waals surface area contributed by atoms with Crippen molar-refractivity contribution in [1.82, 2.24) is 4.72 Å². The van der Waals surface area contributed by atoms with E-state index in [1.54, 1.807) is 24.3 Å². The molecule has 0 saturated carbocycles. The van der Waals surface area contributed by atoms with Crippen molar-refractivity contribution in [2.75, 3.05) is 18.0 Å². The molecule has 1 amide bonds. The lowest BCUT2D eigenvalue weighted by molar-refractivity contribution is -0.116. The number of thiophene rings is 1. The fourth-order valence-electron chi connectivity index (χ4n) is 2.02. The van der Waals surface area contributed by atoms with Crippen molar-refractivity contribution in [3.63, 3.8) is 0 Å². The fourth-order valence-corrected chi connectivity index (χ4v) is 4.57. The van der Waals surface area contributed by atoms with Gasteiger partial charge in [-0.05, 0) is 30.3 Å². The Bertz CT molecular complexity index is 887. The number of anilines is 1. The first kappa shape index (κ1) is 18.4. The summed E-state index contributed by atoms with van der Waals surface area (Å²) in [5.74, 6) is -0.247. The Balaban J connectivity index is 2.07. The van der Waals surface area contributed by atoms with Crippen molar-refractivity contribution in [2.24, 2.45) is 0 Å². The molecule has 9 heteroatoms. The minimum atomic E-state index is -3.66. The highest BCUT2D eigenvalue weighted by molar-refractivity contribution is 7.91. The number of nitrogens with one attached hydrogen (secondary N) is 1. The molecule has 1 heterocycles. The highest BCUT2D eigenvalue weighted by Crippen LogP contribution is 2.25. The number of rotatable bonds is 6. The molecule has 126 valence electrons. The van der Waals surface area contributed by atoms with E-state index in [4.69, 9.17) is 16.9 Å². The monoisotopic (exact) mass is 383 g/mol. The first-order valence-electron chi connectivity index (χ1n) is 6.87. The van der Waals surface area contributed by atoms with Gasteiger partial charge in [-0.1, -0.05) is 17.7 Å². The number of hydrogen-bond acceptors (Lipinski definition) is 5. The third-order valence-corrected chi connectivity index (χ3v) is 6.29. The lowest BCUT2D eigenvalue weighted by atomic mass is 10.2. The highest BCUT2D eigenvalue weighted by atomic mass is 35.5. The molecule has 0 bridgehead atoms. The van der Waals surface area contributed by atoms with Crippen molar-refractivity contribution in [3.05, 3.63) is 46.3 Å². The maximum absolute atomic E-state index is 12.1. The number of carbonyl (C=O) groups is 1. The summed E-state index contributed by atoms with van der Waals surface area (Å²) in [6.07, 6.45) is 0. The Morgan fingerprint density at radius 3 is 2.71 bits per heavy atom. The van der Waals surface area contributed by atoms with Crippen LogP contribution in [0.1, 0.15) is 12.5 Å². The van der Waals surface area contributed by atoms with Gasteiger partial charge in [0.2, 0.25) is 15.9 Å². The maximum Gasteiger partial charge on any atom is 0.250 e. The van der Waals surface area contributed by atoms with Crippen LogP contribution in [0.2, 0.25) is 4.34 Å². The molecule has 0 spiro atoms. The average molecular weight is 384 g/mol. The summed E-state index contributed by atoms with van der Waals surface area (Å²) in [7, 11) is -3.66. The molecule has 0 radical (unpaired) electrons. The number of amides is 1. The van der Waals surface area contributed by atoms with E-state index in [0.29, 0.717) is 15.6 Å². The molecule has 24 heavy (non-hydrogen) atoms. The molecule has 0 aliphatic heterocycles. The predicted molar refractivity (Wildman–Crippen MR) is 93.7 cm³/mol.